The van der Waals surface area contributed by atoms with Crippen LogP contribution in [-0.2, 0) is 11.2 Å². The number of carbonyl (C=O) groups is 1. The number of anilines is 1. The van der Waals surface area contributed by atoms with Crippen LogP contribution in [0.5, 0.6) is 0 Å². The molecule has 0 aromatic carbocycles. The van der Waals surface area contributed by atoms with Gasteiger partial charge in [-0.1, -0.05) is 12.8 Å². The van der Waals surface area contributed by atoms with Gasteiger partial charge in [0.25, 0.3) is 0 Å². The molecule has 0 radical (unpaired) electrons. The lowest BCUT2D eigenvalue weighted by Crippen LogP contribution is -2.54. The van der Waals surface area contributed by atoms with E-state index in [2.05, 4.69) is 31.5 Å². The fourth-order valence-corrected chi connectivity index (χ4v) is 3.29. The molecule has 2 aliphatic rings. The van der Waals surface area contributed by atoms with E-state index in [9.17, 15) is 4.79 Å². The SMILES string of the molecule is O=C1Nc2ncc(Br)cc2CCNC12CCCC2. The van der Waals surface area contributed by atoms with Crippen LogP contribution in [0.25, 0.3) is 0 Å². The first-order valence-electron chi connectivity index (χ1n) is 6.41. The highest BCUT2D eigenvalue weighted by atomic mass is 79.9. The summed E-state index contributed by atoms with van der Waals surface area (Å²) in [5.41, 5.74) is 0.727. The molecule has 2 N–H and O–H groups in total. The molecule has 96 valence electrons. The summed E-state index contributed by atoms with van der Waals surface area (Å²) in [5, 5.41) is 6.44. The van der Waals surface area contributed by atoms with E-state index in [1.54, 1.807) is 6.20 Å². The summed E-state index contributed by atoms with van der Waals surface area (Å²) >= 11 is 3.41. The third kappa shape index (κ3) is 2.06. The zero-order valence-electron chi connectivity index (χ0n) is 10.1. The van der Waals surface area contributed by atoms with Gasteiger partial charge in [-0.15, -0.1) is 0 Å². The van der Waals surface area contributed by atoms with Gasteiger partial charge in [-0.2, -0.15) is 0 Å². The third-order valence-corrected chi connectivity index (χ3v) is 4.35. The van der Waals surface area contributed by atoms with Gasteiger partial charge in [0.15, 0.2) is 0 Å². The van der Waals surface area contributed by atoms with Crippen molar-refractivity contribution in [3.63, 3.8) is 0 Å². The van der Waals surface area contributed by atoms with Crippen LogP contribution in [0.15, 0.2) is 16.7 Å². The van der Waals surface area contributed by atoms with Crippen LogP contribution in [0, 0.1) is 0 Å². The molecule has 3 rings (SSSR count). The molecule has 0 saturated heterocycles. The van der Waals surface area contributed by atoms with Crippen LogP contribution >= 0.6 is 15.9 Å². The van der Waals surface area contributed by atoms with Gasteiger partial charge in [0.2, 0.25) is 5.91 Å². The molecule has 0 unspecified atom stereocenters. The van der Waals surface area contributed by atoms with Crippen molar-refractivity contribution in [1.82, 2.24) is 10.3 Å². The molecule has 0 bridgehead atoms. The maximum absolute atomic E-state index is 12.4. The zero-order chi connectivity index (χ0) is 12.6. The lowest BCUT2D eigenvalue weighted by Gasteiger charge is -2.31. The highest BCUT2D eigenvalue weighted by Crippen LogP contribution is 2.32. The molecule has 1 saturated carbocycles. The Bertz CT molecular complexity index is 483. The Hall–Kier alpha value is -0.940. The molecule has 2 heterocycles. The van der Waals surface area contributed by atoms with Crippen molar-refractivity contribution in [2.75, 3.05) is 11.9 Å². The molecule has 4 nitrogen and oxygen atoms in total. The Labute approximate surface area is 115 Å². The highest BCUT2D eigenvalue weighted by molar-refractivity contribution is 9.10. The second kappa shape index (κ2) is 4.63. The summed E-state index contributed by atoms with van der Waals surface area (Å²) in [7, 11) is 0. The second-order valence-electron chi connectivity index (χ2n) is 5.08. The molecule has 0 atom stereocenters. The van der Waals surface area contributed by atoms with E-state index in [0.717, 1.165) is 54.5 Å². The number of hydrogen-bond acceptors (Lipinski definition) is 3. The van der Waals surface area contributed by atoms with E-state index in [4.69, 9.17) is 0 Å². The molecule has 18 heavy (non-hydrogen) atoms. The average molecular weight is 310 g/mol. The number of fused-ring (bicyclic) bond motifs is 1. The summed E-state index contributed by atoms with van der Waals surface area (Å²) in [6, 6.07) is 2.02. The molecule has 1 fully saturated rings. The summed E-state index contributed by atoms with van der Waals surface area (Å²) < 4.78 is 0.951. The molecule has 1 spiro atoms. The molecule has 1 aromatic heterocycles. The third-order valence-electron chi connectivity index (χ3n) is 3.91. The van der Waals surface area contributed by atoms with E-state index in [1.165, 1.54) is 0 Å². The number of nitrogens with one attached hydrogen (secondary N) is 2. The smallest absolute Gasteiger partial charge is 0.245 e. The molecular weight excluding hydrogens is 294 g/mol. The fraction of sp³-hybridized carbons (Fsp3) is 0.538. The van der Waals surface area contributed by atoms with Gasteiger partial charge >= 0.3 is 0 Å². The molecular formula is C13H16BrN3O. The van der Waals surface area contributed by atoms with Crippen molar-refractivity contribution in [2.24, 2.45) is 0 Å². The van der Waals surface area contributed by atoms with E-state index in [1.807, 2.05) is 6.07 Å². The molecule has 1 aliphatic carbocycles. The van der Waals surface area contributed by atoms with Crippen molar-refractivity contribution >= 4 is 27.7 Å². The Morgan fingerprint density at radius 3 is 2.89 bits per heavy atom. The minimum atomic E-state index is -0.355. The van der Waals surface area contributed by atoms with Gasteiger partial charge in [-0.3, -0.25) is 4.79 Å². The number of nitrogens with zero attached hydrogens (tertiary/aromatic N) is 1. The number of hydrogen-bond donors (Lipinski definition) is 2. The Balaban J connectivity index is 1.92. The van der Waals surface area contributed by atoms with Crippen LogP contribution < -0.4 is 10.6 Å². The summed E-state index contributed by atoms with van der Waals surface area (Å²) in [4.78, 5) is 16.7. The van der Waals surface area contributed by atoms with Crippen molar-refractivity contribution in [1.29, 1.82) is 0 Å². The van der Waals surface area contributed by atoms with Crippen LogP contribution in [0.1, 0.15) is 31.2 Å². The normalized spacial score (nSPS) is 22.2. The molecule has 5 heteroatoms. The first kappa shape index (κ1) is 12.1. The largest absolute Gasteiger partial charge is 0.309 e. The molecule has 1 aliphatic heterocycles. The number of pyridine rings is 1. The summed E-state index contributed by atoms with van der Waals surface area (Å²) in [6.45, 7) is 0.832. The van der Waals surface area contributed by atoms with Gasteiger partial charge in [-0.25, -0.2) is 4.98 Å². The van der Waals surface area contributed by atoms with Gasteiger partial charge < -0.3 is 10.6 Å². The topological polar surface area (TPSA) is 54.0 Å². The quantitative estimate of drug-likeness (QED) is 0.773. The summed E-state index contributed by atoms with van der Waals surface area (Å²) in [6.07, 6.45) is 6.75. The van der Waals surface area contributed by atoms with Crippen molar-refractivity contribution < 1.29 is 4.79 Å². The monoisotopic (exact) mass is 309 g/mol. The lowest BCUT2D eigenvalue weighted by atomic mass is 9.94. The predicted octanol–water partition coefficient (Wildman–Crippen LogP) is 2.24. The summed E-state index contributed by atoms with van der Waals surface area (Å²) in [5.74, 6) is 0.798. The van der Waals surface area contributed by atoms with Gasteiger partial charge in [0.05, 0.1) is 5.54 Å². The number of aromatic nitrogens is 1. The first-order chi connectivity index (χ1) is 8.70. The van der Waals surface area contributed by atoms with Crippen LogP contribution in [0.3, 0.4) is 0 Å². The lowest BCUT2D eigenvalue weighted by molar-refractivity contribution is -0.122. The van der Waals surface area contributed by atoms with Gasteiger partial charge in [0, 0.05) is 17.2 Å². The molecule has 1 aromatic rings. The highest BCUT2D eigenvalue weighted by Gasteiger charge is 2.41. The first-order valence-corrected chi connectivity index (χ1v) is 7.20. The van der Waals surface area contributed by atoms with Crippen LogP contribution in [0.2, 0.25) is 0 Å². The number of rotatable bonds is 0. The number of carbonyl (C=O) groups excluding carboxylic acids is 1. The number of amides is 1. The minimum absolute atomic E-state index is 0.0794. The van der Waals surface area contributed by atoms with Crippen LogP contribution in [-0.4, -0.2) is 23.0 Å². The predicted molar refractivity (Wildman–Crippen MR) is 73.5 cm³/mol. The van der Waals surface area contributed by atoms with E-state index >= 15 is 0 Å². The second-order valence-corrected chi connectivity index (χ2v) is 6.00. The number of halogens is 1. The van der Waals surface area contributed by atoms with Crippen LogP contribution in [0.4, 0.5) is 5.82 Å². The Morgan fingerprint density at radius 2 is 2.11 bits per heavy atom. The minimum Gasteiger partial charge on any atom is -0.309 e. The van der Waals surface area contributed by atoms with Crippen molar-refractivity contribution in [3.05, 3.63) is 22.3 Å². The van der Waals surface area contributed by atoms with E-state index < -0.39 is 0 Å². The Morgan fingerprint density at radius 1 is 1.33 bits per heavy atom. The van der Waals surface area contributed by atoms with Crippen molar-refractivity contribution in [2.45, 2.75) is 37.6 Å². The standard InChI is InChI=1S/C13H16BrN3O/c14-10-7-9-3-6-16-13(4-1-2-5-13)12(18)17-11(9)15-8-10/h7-8,16H,1-6H2,(H,15,17,18). The maximum Gasteiger partial charge on any atom is 0.245 e. The van der Waals surface area contributed by atoms with Crippen molar-refractivity contribution in [3.8, 4) is 0 Å². The van der Waals surface area contributed by atoms with Gasteiger partial charge in [0.1, 0.15) is 5.82 Å². The Kier molecular flexibility index (Phi) is 3.11. The average Bonchev–Trinajstić information content (AvgIpc) is 2.81. The fourth-order valence-electron chi connectivity index (χ4n) is 2.91. The zero-order valence-corrected chi connectivity index (χ0v) is 11.7. The van der Waals surface area contributed by atoms with E-state index in [-0.39, 0.29) is 11.4 Å². The van der Waals surface area contributed by atoms with E-state index in [0.29, 0.717) is 0 Å². The van der Waals surface area contributed by atoms with Gasteiger partial charge in [-0.05, 0) is 46.8 Å². The maximum atomic E-state index is 12.4. The molecule has 1 amide bonds.